The summed E-state index contributed by atoms with van der Waals surface area (Å²) in [5, 5.41) is 2.10. The van der Waals surface area contributed by atoms with Crippen molar-refractivity contribution in [2.24, 2.45) is 0 Å². The Morgan fingerprint density at radius 3 is 2.23 bits per heavy atom. The summed E-state index contributed by atoms with van der Waals surface area (Å²) < 4.78 is 34.8. The number of hydrogen-bond donors (Lipinski definition) is 0. The summed E-state index contributed by atoms with van der Waals surface area (Å²) in [6.07, 6.45) is 5.12. The quantitative estimate of drug-likeness (QED) is 0.125. The van der Waals surface area contributed by atoms with Gasteiger partial charge in [-0.1, -0.05) is 98.4 Å². The molecule has 1 aliphatic heterocycles. The fourth-order valence-corrected chi connectivity index (χ4v) is 6.92. The number of fused-ring (bicyclic) bond motifs is 5. The molecule has 0 saturated heterocycles. The second-order valence-electron chi connectivity index (χ2n) is 13.8. The van der Waals surface area contributed by atoms with Gasteiger partial charge >= 0.3 is 0 Å². The van der Waals surface area contributed by atoms with E-state index in [0.29, 0.717) is 17.2 Å². The van der Waals surface area contributed by atoms with Crippen molar-refractivity contribution in [3.63, 3.8) is 0 Å². The fourth-order valence-electron chi connectivity index (χ4n) is 6.92. The maximum Gasteiger partial charge on any atom is 0.135 e. The first-order valence-corrected chi connectivity index (χ1v) is 17.0. The van der Waals surface area contributed by atoms with Crippen molar-refractivity contribution >= 4 is 38.5 Å². The summed E-state index contributed by atoms with van der Waals surface area (Å²) in [7, 11) is 0. The molecule has 0 unspecified atom stereocenters. The van der Waals surface area contributed by atoms with Crippen LogP contribution in [0.3, 0.4) is 0 Å². The van der Waals surface area contributed by atoms with Gasteiger partial charge in [0.25, 0.3) is 0 Å². The van der Waals surface area contributed by atoms with E-state index in [0.717, 1.165) is 55.5 Å². The molecule has 0 fully saturated rings. The molecule has 0 atom stereocenters. The molecule has 0 N–H and O–H groups in total. The molecule has 52 heavy (non-hydrogen) atoms. The van der Waals surface area contributed by atoms with Crippen LogP contribution in [0.2, 0.25) is 0 Å². The van der Waals surface area contributed by atoms with Gasteiger partial charge in [-0.05, 0) is 66.2 Å². The number of pyridine rings is 1. The van der Waals surface area contributed by atoms with Crippen molar-refractivity contribution in [2.45, 2.75) is 26.2 Å². The molecule has 0 saturated carbocycles. The predicted molar refractivity (Wildman–Crippen MR) is 207 cm³/mol. The van der Waals surface area contributed by atoms with Gasteiger partial charge in [-0.3, -0.25) is 0 Å². The average Bonchev–Trinajstić information content (AvgIpc) is 3.89. The Morgan fingerprint density at radius 1 is 0.712 bits per heavy atom. The molecule has 0 radical (unpaired) electrons. The molecule has 0 aliphatic carbocycles. The van der Waals surface area contributed by atoms with Crippen molar-refractivity contribution in [3.05, 3.63) is 164 Å². The summed E-state index contributed by atoms with van der Waals surface area (Å²) in [4.78, 5) is 7.88. The van der Waals surface area contributed by atoms with Gasteiger partial charge in [0.15, 0.2) is 0 Å². The predicted octanol–water partition coefficient (Wildman–Crippen LogP) is 10.8. The zero-order valence-electron chi connectivity index (χ0n) is 31.8. The van der Waals surface area contributed by atoms with Crippen molar-refractivity contribution in [1.29, 1.82) is 0 Å². The van der Waals surface area contributed by atoms with Crippen molar-refractivity contribution in [1.82, 2.24) is 19.0 Å². The third-order valence-corrected chi connectivity index (χ3v) is 9.38. The first-order valence-electron chi connectivity index (χ1n) is 18.5. The van der Waals surface area contributed by atoms with E-state index in [-0.39, 0.29) is 25.8 Å². The van der Waals surface area contributed by atoms with E-state index in [4.69, 9.17) is 13.8 Å². The number of aromatic nitrogens is 3. The Balaban J connectivity index is 0.00000427. The van der Waals surface area contributed by atoms with Crippen molar-refractivity contribution < 1.29 is 29.3 Å². The minimum atomic E-state index is -2.31. The number of hydrogen-bond acceptors (Lipinski definition) is 4. The molecule has 7 heteroatoms. The largest absolute Gasteiger partial charge is 0.510 e. The van der Waals surface area contributed by atoms with Crippen LogP contribution >= 0.6 is 0 Å². The molecule has 8 aromatic rings. The molecule has 5 aromatic carbocycles. The topological polar surface area (TPSA) is 38.5 Å². The van der Waals surface area contributed by atoms with E-state index in [1.165, 1.54) is 16.7 Å². The Morgan fingerprint density at radius 2 is 1.46 bits per heavy atom. The zero-order valence-corrected chi connectivity index (χ0v) is 30.4. The molecular formula is C45H36N5OPd-3. The standard InChI is InChI=1S/C45H36N5O.Pd/c1-45(2,3)33-21-22-46-42(27-33)50-41-29-36(51-37-26-32(31-13-7-5-8-14-31)25-35(28-37)48-24-23-47(4)30-48)19-20-39(41)43-44(50)38-17-11-12-18-40(38)49(43)34-15-9-6-10-16-34;/h5-27,30H,1-4H3;/q-3;/i4D3;. The van der Waals surface area contributed by atoms with Crippen LogP contribution in [0.5, 0.6) is 11.5 Å². The second kappa shape index (κ2) is 13.2. The number of rotatable bonds is 6. The van der Waals surface area contributed by atoms with Crippen molar-refractivity contribution in [3.8, 4) is 34.1 Å². The van der Waals surface area contributed by atoms with Crippen LogP contribution in [0.15, 0.2) is 140 Å². The third kappa shape index (κ3) is 5.86. The van der Waals surface area contributed by atoms with E-state index in [9.17, 15) is 0 Å². The van der Waals surface area contributed by atoms with E-state index in [1.54, 1.807) is 17.8 Å². The van der Waals surface area contributed by atoms with Crippen LogP contribution in [0.4, 0.5) is 5.69 Å². The second-order valence-corrected chi connectivity index (χ2v) is 13.8. The molecule has 6 nitrogen and oxygen atoms in total. The van der Waals surface area contributed by atoms with Crippen LogP contribution in [-0.2, 0) is 25.8 Å². The molecule has 4 heterocycles. The molecule has 3 aromatic heterocycles. The van der Waals surface area contributed by atoms with Crippen LogP contribution in [-0.4, -0.2) is 26.0 Å². The summed E-state index contributed by atoms with van der Waals surface area (Å²) in [5.74, 6) is 1.76. The Bertz CT molecular complexity index is 2710. The normalized spacial score (nSPS) is 14.1. The molecule has 0 bridgehead atoms. The van der Waals surface area contributed by atoms with Gasteiger partial charge in [0, 0.05) is 58.8 Å². The van der Waals surface area contributed by atoms with Gasteiger partial charge in [-0.25, -0.2) is 4.98 Å². The van der Waals surface area contributed by atoms with Gasteiger partial charge in [0.05, 0.1) is 11.0 Å². The maximum atomic E-state index is 7.87. The number of benzene rings is 5. The van der Waals surface area contributed by atoms with Gasteiger partial charge in [0.2, 0.25) is 0 Å². The molecule has 1 aliphatic rings. The molecule has 0 amide bonds. The van der Waals surface area contributed by atoms with Gasteiger partial charge in [0.1, 0.15) is 5.82 Å². The fraction of sp³-hybridized carbons (Fsp3) is 0.111. The first kappa shape index (κ1) is 30.1. The van der Waals surface area contributed by atoms with Gasteiger partial charge in [-0.2, -0.15) is 12.7 Å². The number of anilines is 1. The number of ether oxygens (including phenoxy) is 1. The van der Waals surface area contributed by atoms with Crippen LogP contribution < -0.4 is 9.64 Å². The SMILES string of the molecule is [2H]C([2H])([2H])N1C=CN(c2[c-]c(Oc3[c-]c4c(cc3)c3c(c5ccccc5n3-c3ccccc3)n4-c3cc(C(C)(C)C)ccn3)cc(-c3ccccc3)c2)[CH-]1.[Pd]. The molecule has 9 rings (SSSR count). The van der Waals surface area contributed by atoms with Gasteiger partial charge in [-0.15, -0.1) is 41.6 Å². The maximum absolute atomic E-state index is 7.87. The Kier molecular flexibility index (Phi) is 7.62. The van der Waals surface area contributed by atoms with Crippen LogP contribution in [0.25, 0.3) is 55.5 Å². The van der Waals surface area contributed by atoms with Crippen LogP contribution in [0, 0.1) is 18.8 Å². The van der Waals surface area contributed by atoms with E-state index in [2.05, 4.69) is 109 Å². The number of nitrogens with zero attached hydrogens (tertiary/aromatic N) is 5. The van der Waals surface area contributed by atoms with E-state index < -0.39 is 6.98 Å². The first-order chi connectivity index (χ1) is 26.0. The summed E-state index contributed by atoms with van der Waals surface area (Å²) in [6, 6.07) is 48.1. The summed E-state index contributed by atoms with van der Waals surface area (Å²) >= 11 is 0. The minimum Gasteiger partial charge on any atom is -0.510 e. The Labute approximate surface area is 322 Å². The molecule has 0 spiro atoms. The van der Waals surface area contributed by atoms with Gasteiger partial charge < -0.3 is 23.7 Å². The minimum absolute atomic E-state index is 0. The summed E-state index contributed by atoms with van der Waals surface area (Å²) in [6.45, 7) is 5.86. The Hall–Kier alpha value is -5.61. The number of para-hydroxylation sites is 2. The molecular weight excluding hydrogens is 733 g/mol. The van der Waals surface area contributed by atoms with Crippen molar-refractivity contribution in [2.75, 3.05) is 11.9 Å². The average molecular weight is 772 g/mol. The smallest absolute Gasteiger partial charge is 0.135 e. The third-order valence-electron chi connectivity index (χ3n) is 9.38. The summed E-state index contributed by atoms with van der Waals surface area (Å²) in [5.41, 5.74) is 8.68. The van der Waals surface area contributed by atoms with E-state index >= 15 is 0 Å². The molecule has 260 valence electrons. The van der Waals surface area contributed by atoms with E-state index in [1.807, 2.05) is 60.8 Å². The monoisotopic (exact) mass is 771 g/mol. The van der Waals surface area contributed by atoms with Crippen LogP contribution in [0.1, 0.15) is 30.4 Å². The zero-order chi connectivity index (χ0) is 37.2.